The lowest BCUT2D eigenvalue weighted by Crippen LogP contribution is -2.46. The van der Waals surface area contributed by atoms with E-state index in [9.17, 15) is 9.59 Å². The first-order chi connectivity index (χ1) is 14.7. The van der Waals surface area contributed by atoms with Crippen molar-refractivity contribution in [1.82, 2.24) is 9.80 Å². The van der Waals surface area contributed by atoms with Crippen LogP contribution in [0.2, 0.25) is 0 Å². The molecule has 0 N–H and O–H groups in total. The van der Waals surface area contributed by atoms with Gasteiger partial charge in [0.1, 0.15) is 11.5 Å². The van der Waals surface area contributed by atoms with Crippen LogP contribution >= 0.6 is 0 Å². The highest BCUT2D eigenvalue weighted by Crippen LogP contribution is 2.16. The molecule has 2 heterocycles. The fraction of sp³-hybridized carbons (Fsp3) is 0.478. The Morgan fingerprint density at radius 2 is 1.93 bits per heavy atom. The average Bonchev–Trinajstić information content (AvgIpc) is 3.46. The monoisotopic (exact) mass is 414 g/mol. The van der Waals surface area contributed by atoms with E-state index in [0.717, 1.165) is 25.9 Å². The molecule has 0 spiro atoms. The van der Waals surface area contributed by atoms with Gasteiger partial charge in [0.05, 0.1) is 25.5 Å². The third kappa shape index (κ3) is 6.62. The Morgan fingerprint density at radius 3 is 2.60 bits per heavy atom. The number of nitrogens with zero attached hydrogens (tertiary/aromatic N) is 2. The van der Waals surface area contributed by atoms with Gasteiger partial charge in [-0.2, -0.15) is 0 Å². The fourth-order valence-electron chi connectivity index (χ4n) is 3.46. The summed E-state index contributed by atoms with van der Waals surface area (Å²) in [5, 5.41) is 0. The van der Waals surface area contributed by atoms with E-state index >= 15 is 0 Å². The van der Waals surface area contributed by atoms with E-state index in [4.69, 9.17) is 13.9 Å². The smallest absolute Gasteiger partial charge is 0.260 e. The second kappa shape index (κ2) is 11.4. The summed E-state index contributed by atoms with van der Waals surface area (Å²) in [6, 6.07) is 12.8. The molecule has 162 valence electrons. The lowest BCUT2D eigenvalue weighted by Gasteiger charge is -2.28. The van der Waals surface area contributed by atoms with E-state index in [1.54, 1.807) is 34.3 Å². The predicted molar refractivity (Wildman–Crippen MR) is 112 cm³/mol. The largest absolute Gasteiger partial charge is 0.484 e. The van der Waals surface area contributed by atoms with E-state index in [1.807, 2.05) is 31.2 Å². The van der Waals surface area contributed by atoms with Crippen molar-refractivity contribution in [3.8, 4) is 5.75 Å². The number of ether oxygens (including phenoxy) is 2. The summed E-state index contributed by atoms with van der Waals surface area (Å²) in [4.78, 5) is 29.1. The van der Waals surface area contributed by atoms with Crippen molar-refractivity contribution in [3.05, 3.63) is 54.5 Å². The van der Waals surface area contributed by atoms with Crippen LogP contribution in [-0.4, -0.2) is 60.6 Å². The molecule has 0 radical (unpaired) electrons. The molecule has 2 amide bonds. The predicted octanol–water partition coefficient (Wildman–Crippen LogP) is 3.10. The summed E-state index contributed by atoms with van der Waals surface area (Å²) in [6.45, 7) is 3.98. The van der Waals surface area contributed by atoms with Gasteiger partial charge >= 0.3 is 0 Å². The number of hydrogen-bond donors (Lipinski definition) is 0. The summed E-state index contributed by atoms with van der Waals surface area (Å²) in [5.41, 5.74) is 0. The molecule has 3 rings (SSSR count). The molecule has 0 bridgehead atoms. The van der Waals surface area contributed by atoms with Gasteiger partial charge in [-0.1, -0.05) is 25.1 Å². The van der Waals surface area contributed by atoms with Crippen LogP contribution in [0.15, 0.2) is 53.1 Å². The summed E-state index contributed by atoms with van der Waals surface area (Å²) in [6.07, 6.45) is 4.32. The summed E-state index contributed by atoms with van der Waals surface area (Å²) in [7, 11) is 0. The minimum Gasteiger partial charge on any atom is -0.484 e. The molecule has 7 heteroatoms. The zero-order chi connectivity index (χ0) is 21.2. The van der Waals surface area contributed by atoms with Crippen LogP contribution in [0.4, 0.5) is 0 Å². The first kappa shape index (κ1) is 21.9. The summed E-state index contributed by atoms with van der Waals surface area (Å²) >= 11 is 0. The Morgan fingerprint density at radius 1 is 1.10 bits per heavy atom. The normalized spacial score (nSPS) is 15.7. The van der Waals surface area contributed by atoms with Crippen LogP contribution in [0.25, 0.3) is 0 Å². The molecule has 0 aliphatic carbocycles. The van der Waals surface area contributed by atoms with Gasteiger partial charge in [0, 0.05) is 19.7 Å². The van der Waals surface area contributed by atoms with Crippen molar-refractivity contribution in [3.63, 3.8) is 0 Å². The Hall–Kier alpha value is -2.80. The van der Waals surface area contributed by atoms with Crippen LogP contribution in [0.5, 0.6) is 5.75 Å². The number of amides is 2. The van der Waals surface area contributed by atoms with Crippen molar-refractivity contribution in [2.24, 2.45) is 0 Å². The van der Waals surface area contributed by atoms with E-state index in [1.165, 1.54) is 0 Å². The highest BCUT2D eigenvalue weighted by atomic mass is 16.5. The second-order valence-electron chi connectivity index (χ2n) is 7.41. The van der Waals surface area contributed by atoms with Gasteiger partial charge in [-0.3, -0.25) is 9.59 Å². The van der Waals surface area contributed by atoms with E-state index < -0.39 is 0 Å². The highest BCUT2D eigenvalue weighted by molar-refractivity contribution is 5.85. The maximum absolute atomic E-state index is 13.1. The topological polar surface area (TPSA) is 72.2 Å². The standard InChI is InChI=1S/C23H30N2O5/c1-2-12-24(23(27)18-30-19-8-4-3-5-9-19)17-22(26)25(15-20-10-6-13-28-20)16-21-11-7-14-29-21/h3-6,8-10,13,21H,2,7,11-12,14-18H2,1H3. The number of para-hydroxylation sites is 1. The first-order valence-electron chi connectivity index (χ1n) is 10.5. The second-order valence-corrected chi connectivity index (χ2v) is 7.41. The number of carbonyl (C=O) groups excluding carboxylic acids is 2. The van der Waals surface area contributed by atoms with Crippen molar-refractivity contribution >= 4 is 11.8 Å². The minimum atomic E-state index is -0.205. The van der Waals surface area contributed by atoms with Crippen LogP contribution in [0, 0.1) is 0 Å². The molecule has 1 aliphatic heterocycles. The van der Waals surface area contributed by atoms with Gasteiger partial charge in [0.15, 0.2) is 6.61 Å². The zero-order valence-corrected chi connectivity index (χ0v) is 17.5. The quantitative estimate of drug-likeness (QED) is 0.565. The maximum atomic E-state index is 13.1. The minimum absolute atomic E-state index is 0.0122. The van der Waals surface area contributed by atoms with E-state index in [0.29, 0.717) is 31.1 Å². The van der Waals surface area contributed by atoms with Gasteiger partial charge in [-0.05, 0) is 43.5 Å². The molecule has 2 aromatic rings. The fourth-order valence-corrected chi connectivity index (χ4v) is 3.46. The first-order valence-corrected chi connectivity index (χ1v) is 10.5. The molecule has 1 fully saturated rings. The molecular formula is C23H30N2O5. The SMILES string of the molecule is CCCN(CC(=O)N(Cc1ccco1)CC1CCCO1)C(=O)COc1ccccc1. The number of benzene rings is 1. The maximum Gasteiger partial charge on any atom is 0.260 e. The number of carbonyl (C=O) groups is 2. The summed E-state index contributed by atoms with van der Waals surface area (Å²) < 4.78 is 16.7. The van der Waals surface area contributed by atoms with E-state index in [-0.39, 0.29) is 31.1 Å². The van der Waals surface area contributed by atoms with Gasteiger partial charge in [0.25, 0.3) is 5.91 Å². The highest BCUT2D eigenvalue weighted by Gasteiger charge is 2.26. The Balaban J connectivity index is 1.61. The van der Waals surface area contributed by atoms with Crippen LogP contribution in [0.3, 0.4) is 0 Å². The van der Waals surface area contributed by atoms with Crippen molar-refractivity contribution in [2.75, 3.05) is 32.8 Å². The van der Waals surface area contributed by atoms with E-state index in [2.05, 4.69) is 0 Å². The molecule has 1 aliphatic rings. The molecule has 1 saturated heterocycles. The number of rotatable bonds is 11. The van der Waals surface area contributed by atoms with Gasteiger partial charge in [-0.15, -0.1) is 0 Å². The third-order valence-corrected chi connectivity index (χ3v) is 5.01. The lowest BCUT2D eigenvalue weighted by atomic mass is 10.2. The van der Waals surface area contributed by atoms with Gasteiger partial charge in [0.2, 0.25) is 5.91 Å². The lowest BCUT2D eigenvalue weighted by molar-refractivity contribution is -0.143. The molecule has 1 aromatic carbocycles. The Labute approximate surface area is 177 Å². The Bertz CT molecular complexity index is 772. The average molecular weight is 415 g/mol. The zero-order valence-electron chi connectivity index (χ0n) is 17.5. The molecule has 0 saturated carbocycles. The summed E-state index contributed by atoms with van der Waals surface area (Å²) in [5.74, 6) is 1.01. The number of hydrogen-bond acceptors (Lipinski definition) is 5. The van der Waals surface area contributed by atoms with Crippen molar-refractivity contribution < 1.29 is 23.5 Å². The van der Waals surface area contributed by atoms with Gasteiger partial charge in [-0.25, -0.2) is 0 Å². The van der Waals surface area contributed by atoms with Crippen molar-refractivity contribution in [2.45, 2.75) is 38.8 Å². The molecular weight excluding hydrogens is 384 g/mol. The third-order valence-electron chi connectivity index (χ3n) is 5.01. The molecule has 1 unspecified atom stereocenters. The number of furan rings is 1. The van der Waals surface area contributed by atoms with Crippen LogP contribution < -0.4 is 4.74 Å². The molecule has 1 aromatic heterocycles. The molecule has 1 atom stereocenters. The Kier molecular flexibility index (Phi) is 8.32. The van der Waals surface area contributed by atoms with Crippen molar-refractivity contribution in [1.29, 1.82) is 0 Å². The van der Waals surface area contributed by atoms with Crippen LogP contribution in [0.1, 0.15) is 31.9 Å². The molecule has 7 nitrogen and oxygen atoms in total. The van der Waals surface area contributed by atoms with Crippen LogP contribution in [-0.2, 0) is 20.9 Å². The van der Waals surface area contributed by atoms with Gasteiger partial charge < -0.3 is 23.7 Å². The molecule has 30 heavy (non-hydrogen) atoms.